The first-order chi connectivity index (χ1) is 9.60. The van der Waals surface area contributed by atoms with Crippen molar-refractivity contribution in [3.8, 4) is 0 Å². The van der Waals surface area contributed by atoms with Crippen molar-refractivity contribution in [1.29, 1.82) is 0 Å². The molecule has 0 N–H and O–H groups in total. The van der Waals surface area contributed by atoms with Crippen molar-refractivity contribution in [2.75, 3.05) is 6.54 Å². The molecule has 1 fully saturated rings. The highest BCUT2D eigenvalue weighted by atomic mass is 16.7. The number of amides is 1. The zero-order valence-electron chi connectivity index (χ0n) is 13.2. The zero-order valence-corrected chi connectivity index (χ0v) is 13.2. The van der Waals surface area contributed by atoms with Crippen LogP contribution >= 0.6 is 0 Å². The minimum atomic E-state index is -1.05. The van der Waals surface area contributed by atoms with E-state index in [1.807, 2.05) is 0 Å². The van der Waals surface area contributed by atoms with Crippen molar-refractivity contribution in [3.63, 3.8) is 0 Å². The summed E-state index contributed by atoms with van der Waals surface area (Å²) in [6, 6.07) is -0.806. The lowest BCUT2D eigenvalue weighted by atomic mass is 10.2. The van der Waals surface area contributed by atoms with Gasteiger partial charge in [-0.2, -0.15) is 0 Å². The summed E-state index contributed by atoms with van der Waals surface area (Å²) < 4.78 is 14.6. The lowest BCUT2D eigenvalue weighted by Crippen LogP contribution is -2.44. The number of ether oxygens (including phenoxy) is 3. The summed E-state index contributed by atoms with van der Waals surface area (Å²) in [5.74, 6) is -0.788. The smallest absolute Gasteiger partial charge is 0.444 e. The van der Waals surface area contributed by atoms with Crippen molar-refractivity contribution < 1.29 is 28.6 Å². The first kappa shape index (κ1) is 17.3. The highest BCUT2D eigenvalue weighted by molar-refractivity contribution is 5.88. The van der Waals surface area contributed by atoms with Gasteiger partial charge in [0.2, 0.25) is 0 Å². The molecular formula is C14H23NO6. The van der Waals surface area contributed by atoms with Gasteiger partial charge in [0.05, 0.1) is 6.10 Å². The molecule has 0 aromatic carbocycles. The molecule has 21 heavy (non-hydrogen) atoms. The second-order valence-electron chi connectivity index (χ2n) is 6.17. The fourth-order valence-electron chi connectivity index (χ4n) is 1.92. The van der Waals surface area contributed by atoms with Crippen LogP contribution in [0.4, 0.5) is 9.59 Å². The Labute approximate surface area is 124 Å². The Morgan fingerprint density at radius 1 is 1.19 bits per heavy atom. The van der Waals surface area contributed by atoms with Gasteiger partial charge in [0.15, 0.2) is 0 Å². The number of likely N-dealkylation sites (tertiary alicyclic amines) is 1. The molecule has 7 heteroatoms. The number of nitrogens with zero attached hydrogens (tertiary/aromatic N) is 1. The summed E-state index contributed by atoms with van der Waals surface area (Å²) in [6.45, 7) is 8.92. The fraction of sp³-hybridized carbons (Fsp3) is 0.786. The average molecular weight is 301 g/mol. The van der Waals surface area contributed by atoms with Crippen molar-refractivity contribution in [2.45, 2.75) is 65.2 Å². The number of rotatable bonds is 2. The zero-order chi connectivity index (χ0) is 16.2. The van der Waals surface area contributed by atoms with E-state index in [4.69, 9.17) is 9.47 Å². The van der Waals surface area contributed by atoms with Crippen LogP contribution < -0.4 is 0 Å². The molecule has 1 aliphatic heterocycles. The van der Waals surface area contributed by atoms with Gasteiger partial charge in [0, 0.05) is 6.54 Å². The maximum absolute atomic E-state index is 12.0. The van der Waals surface area contributed by atoms with Crippen molar-refractivity contribution in [1.82, 2.24) is 4.90 Å². The minimum Gasteiger partial charge on any atom is -0.444 e. The number of hydrogen-bond acceptors (Lipinski definition) is 6. The molecule has 1 saturated heterocycles. The van der Waals surface area contributed by atoms with E-state index in [-0.39, 0.29) is 6.10 Å². The second-order valence-corrected chi connectivity index (χ2v) is 6.17. The Morgan fingerprint density at radius 3 is 2.33 bits per heavy atom. The van der Waals surface area contributed by atoms with Crippen LogP contribution in [-0.4, -0.2) is 47.4 Å². The molecule has 120 valence electrons. The second kappa shape index (κ2) is 6.78. The third-order valence-corrected chi connectivity index (χ3v) is 2.67. The lowest BCUT2D eigenvalue weighted by Gasteiger charge is -2.27. The molecule has 0 aromatic heterocycles. The largest absolute Gasteiger partial charge is 0.516 e. The maximum atomic E-state index is 12.0. The number of esters is 1. The van der Waals surface area contributed by atoms with Gasteiger partial charge in [-0.3, -0.25) is 4.90 Å². The van der Waals surface area contributed by atoms with Gasteiger partial charge in [-0.15, -0.1) is 0 Å². The third-order valence-electron chi connectivity index (χ3n) is 2.67. The number of carbonyl (C=O) groups is 3. The van der Waals surface area contributed by atoms with Gasteiger partial charge in [-0.05, 0) is 47.5 Å². The van der Waals surface area contributed by atoms with Crippen LogP contribution in [0.5, 0.6) is 0 Å². The molecule has 1 heterocycles. The molecule has 1 atom stereocenters. The summed E-state index contributed by atoms with van der Waals surface area (Å²) in [5, 5.41) is 0. The fourth-order valence-corrected chi connectivity index (χ4v) is 1.92. The molecule has 0 spiro atoms. The summed E-state index contributed by atoms with van der Waals surface area (Å²) >= 11 is 0. The number of hydrogen-bond donors (Lipinski definition) is 0. The Kier molecular flexibility index (Phi) is 5.57. The van der Waals surface area contributed by atoms with Gasteiger partial charge < -0.3 is 14.2 Å². The van der Waals surface area contributed by atoms with E-state index in [2.05, 4.69) is 4.74 Å². The number of carbonyl (C=O) groups excluding carboxylic acids is 3. The molecule has 7 nitrogen and oxygen atoms in total. The minimum absolute atomic E-state index is 0.379. The van der Waals surface area contributed by atoms with Gasteiger partial charge in [-0.25, -0.2) is 14.4 Å². The van der Waals surface area contributed by atoms with E-state index in [0.29, 0.717) is 19.4 Å². The van der Waals surface area contributed by atoms with Crippen LogP contribution in [-0.2, 0) is 19.0 Å². The van der Waals surface area contributed by atoms with Crippen LogP contribution in [0.3, 0.4) is 0 Å². The first-order valence-corrected chi connectivity index (χ1v) is 7.02. The highest BCUT2D eigenvalue weighted by Crippen LogP contribution is 2.22. The monoisotopic (exact) mass is 301 g/mol. The molecule has 0 unspecified atom stereocenters. The lowest BCUT2D eigenvalue weighted by molar-refractivity contribution is -0.145. The van der Waals surface area contributed by atoms with E-state index in [1.54, 1.807) is 34.6 Å². The molecule has 0 radical (unpaired) electrons. The molecule has 0 bridgehead atoms. The van der Waals surface area contributed by atoms with Gasteiger partial charge in [-0.1, -0.05) is 0 Å². The Morgan fingerprint density at radius 2 is 1.81 bits per heavy atom. The first-order valence-electron chi connectivity index (χ1n) is 7.02. The van der Waals surface area contributed by atoms with Gasteiger partial charge in [0.25, 0.3) is 0 Å². The summed E-state index contributed by atoms with van der Waals surface area (Å²) in [7, 11) is 0. The van der Waals surface area contributed by atoms with E-state index in [9.17, 15) is 14.4 Å². The van der Waals surface area contributed by atoms with Crippen molar-refractivity contribution >= 4 is 18.2 Å². The predicted octanol–water partition coefficient (Wildman–Crippen LogP) is 2.47. The van der Waals surface area contributed by atoms with E-state index in [0.717, 1.165) is 0 Å². The molecular weight excluding hydrogens is 278 g/mol. The molecule has 1 aliphatic rings. The maximum Gasteiger partial charge on any atom is 0.516 e. The molecule has 0 aliphatic carbocycles. The Balaban J connectivity index is 2.62. The van der Waals surface area contributed by atoms with Gasteiger partial charge >= 0.3 is 18.2 Å². The van der Waals surface area contributed by atoms with Crippen molar-refractivity contribution in [3.05, 3.63) is 0 Å². The predicted molar refractivity (Wildman–Crippen MR) is 73.7 cm³/mol. The van der Waals surface area contributed by atoms with Crippen LogP contribution in [0, 0.1) is 0 Å². The van der Waals surface area contributed by atoms with E-state index in [1.165, 1.54) is 4.90 Å². The van der Waals surface area contributed by atoms with Crippen LogP contribution in [0.1, 0.15) is 47.5 Å². The normalized spacial score (nSPS) is 18.6. The Hall–Kier alpha value is -1.79. The molecule has 0 aromatic rings. The summed E-state index contributed by atoms with van der Waals surface area (Å²) in [4.78, 5) is 36.6. The molecule has 1 rings (SSSR count). The average Bonchev–Trinajstić information content (AvgIpc) is 2.73. The SMILES string of the molecule is CC(C)OC(=O)OC(=O)[C@@H]1CCCN1C(=O)OC(C)(C)C. The highest BCUT2D eigenvalue weighted by Gasteiger charge is 2.38. The quantitative estimate of drug-likeness (QED) is 0.575. The molecule has 1 amide bonds. The Bertz CT molecular complexity index is 412. The molecule has 0 saturated carbocycles. The van der Waals surface area contributed by atoms with Crippen LogP contribution in [0.2, 0.25) is 0 Å². The van der Waals surface area contributed by atoms with E-state index >= 15 is 0 Å². The van der Waals surface area contributed by atoms with Crippen LogP contribution in [0.15, 0.2) is 0 Å². The summed E-state index contributed by atoms with van der Waals surface area (Å²) in [6.07, 6.45) is -0.924. The standard InChI is InChI=1S/C14H23NO6/c1-9(2)19-13(18)20-11(16)10-7-6-8-15(10)12(17)21-14(3,4)5/h9-10H,6-8H2,1-5H3/t10-/m0/s1. The summed E-state index contributed by atoms with van der Waals surface area (Å²) in [5.41, 5.74) is -0.648. The van der Waals surface area contributed by atoms with Gasteiger partial charge in [0.1, 0.15) is 11.6 Å². The van der Waals surface area contributed by atoms with Crippen LogP contribution in [0.25, 0.3) is 0 Å². The van der Waals surface area contributed by atoms with Crippen molar-refractivity contribution in [2.24, 2.45) is 0 Å². The topological polar surface area (TPSA) is 82.1 Å². The van der Waals surface area contributed by atoms with E-state index < -0.39 is 29.9 Å². The third kappa shape index (κ3) is 5.61.